The first-order chi connectivity index (χ1) is 7.15. The zero-order valence-electron chi connectivity index (χ0n) is 8.74. The molecule has 0 aliphatic heterocycles. The van der Waals surface area contributed by atoms with Crippen LogP contribution in [-0.2, 0) is 0 Å². The number of hydrogen-bond acceptors (Lipinski definition) is 4. The summed E-state index contributed by atoms with van der Waals surface area (Å²) < 4.78 is 0. The maximum Gasteiger partial charge on any atom is 0.189 e. The Hall–Kier alpha value is -1.55. The number of nitrogens with two attached hydrogens (primary N) is 1. The number of nitrogens with one attached hydrogen (secondary N) is 1. The van der Waals surface area contributed by atoms with Crippen LogP contribution in [0, 0.1) is 13.8 Å². The molecule has 3 N–H and O–H groups in total. The molecule has 0 saturated carbocycles. The summed E-state index contributed by atoms with van der Waals surface area (Å²) in [6.45, 7) is 4.16. The highest BCUT2D eigenvalue weighted by Gasteiger charge is 2.02. The Morgan fingerprint density at radius 3 is 2.73 bits per heavy atom. The number of aryl methyl sites for hydroxylation is 2. The fourth-order valence-electron chi connectivity index (χ4n) is 1.41. The van der Waals surface area contributed by atoms with Crippen molar-refractivity contribution in [1.82, 2.24) is 4.98 Å². The van der Waals surface area contributed by atoms with Gasteiger partial charge in [0, 0.05) is 5.69 Å². The van der Waals surface area contributed by atoms with Crippen LogP contribution in [-0.4, -0.2) is 4.98 Å². The average molecular weight is 219 g/mol. The summed E-state index contributed by atoms with van der Waals surface area (Å²) in [6, 6.07) is 6.27. The van der Waals surface area contributed by atoms with Crippen LogP contribution >= 0.6 is 11.3 Å². The van der Waals surface area contributed by atoms with Crippen molar-refractivity contribution in [3.05, 3.63) is 35.5 Å². The molecule has 15 heavy (non-hydrogen) atoms. The summed E-state index contributed by atoms with van der Waals surface area (Å²) in [7, 11) is 0. The van der Waals surface area contributed by atoms with E-state index in [1.807, 2.05) is 0 Å². The van der Waals surface area contributed by atoms with Gasteiger partial charge in [-0.2, -0.15) is 0 Å². The van der Waals surface area contributed by atoms with Gasteiger partial charge in [-0.25, -0.2) is 4.98 Å². The highest BCUT2D eigenvalue weighted by Crippen LogP contribution is 2.26. The minimum atomic E-state index is 0.724. The lowest BCUT2D eigenvalue weighted by atomic mass is 10.1. The minimum absolute atomic E-state index is 0.724. The highest BCUT2D eigenvalue weighted by molar-refractivity contribution is 7.19. The Bertz CT molecular complexity index is 476. The third-order valence-corrected chi connectivity index (χ3v) is 2.89. The van der Waals surface area contributed by atoms with Crippen molar-refractivity contribution < 1.29 is 0 Å². The van der Waals surface area contributed by atoms with E-state index in [-0.39, 0.29) is 0 Å². The molecule has 4 heteroatoms. The first-order valence-electron chi connectivity index (χ1n) is 4.71. The van der Waals surface area contributed by atoms with Gasteiger partial charge < -0.3 is 11.1 Å². The van der Waals surface area contributed by atoms with Gasteiger partial charge in [0.1, 0.15) is 5.00 Å². The van der Waals surface area contributed by atoms with Crippen molar-refractivity contribution in [3.63, 3.8) is 0 Å². The summed E-state index contributed by atoms with van der Waals surface area (Å²) in [5.74, 6) is 0. The predicted molar refractivity (Wildman–Crippen MR) is 65.7 cm³/mol. The quantitative estimate of drug-likeness (QED) is 0.816. The van der Waals surface area contributed by atoms with Gasteiger partial charge in [0.25, 0.3) is 0 Å². The van der Waals surface area contributed by atoms with Gasteiger partial charge in [0.15, 0.2) is 5.13 Å². The van der Waals surface area contributed by atoms with E-state index in [1.165, 1.54) is 22.5 Å². The summed E-state index contributed by atoms with van der Waals surface area (Å²) in [4.78, 5) is 4.16. The van der Waals surface area contributed by atoms with Crippen LogP contribution in [0.4, 0.5) is 15.8 Å². The number of aromatic nitrogens is 1. The lowest BCUT2D eigenvalue weighted by molar-refractivity contribution is 1.34. The Morgan fingerprint density at radius 1 is 1.33 bits per heavy atom. The van der Waals surface area contributed by atoms with Gasteiger partial charge in [-0.05, 0) is 25.5 Å². The van der Waals surface area contributed by atoms with E-state index in [1.54, 1.807) is 6.20 Å². The summed E-state index contributed by atoms with van der Waals surface area (Å²) in [5.41, 5.74) is 9.16. The van der Waals surface area contributed by atoms with Gasteiger partial charge >= 0.3 is 0 Å². The van der Waals surface area contributed by atoms with Gasteiger partial charge in [0.05, 0.1) is 6.20 Å². The van der Waals surface area contributed by atoms with E-state index in [9.17, 15) is 0 Å². The molecule has 0 amide bonds. The van der Waals surface area contributed by atoms with Crippen molar-refractivity contribution in [2.45, 2.75) is 13.8 Å². The Kier molecular flexibility index (Phi) is 2.60. The Morgan fingerprint density at radius 2 is 2.13 bits per heavy atom. The number of anilines is 3. The molecule has 0 saturated heterocycles. The number of nitrogens with zero attached hydrogens (tertiary/aromatic N) is 1. The van der Waals surface area contributed by atoms with E-state index in [0.717, 1.165) is 15.8 Å². The second-order valence-electron chi connectivity index (χ2n) is 3.51. The molecule has 0 atom stereocenters. The first-order valence-corrected chi connectivity index (χ1v) is 5.52. The number of thiazole rings is 1. The van der Waals surface area contributed by atoms with E-state index in [0.29, 0.717) is 0 Å². The van der Waals surface area contributed by atoms with Crippen LogP contribution in [0.5, 0.6) is 0 Å². The zero-order valence-corrected chi connectivity index (χ0v) is 9.56. The van der Waals surface area contributed by atoms with Gasteiger partial charge in [-0.3, -0.25) is 0 Å². The smallest absolute Gasteiger partial charge is 0.189 e. The maximum absolute atomic E-state index is 5.61. The molecular weight excluding hydrogens is 206 g/mol. The number of benzene rings is 1. The molecule has 0 aliphatic rings. The Balaban J connectivity index is 2.24. The zero-order chi connectivity index (χ0) is 10.8. The number of nitrogen functional groups attached to an aromatic ring is 1. The van der Waals surface area contributed by atoms with Crippen LogP contribution in [0.25, 0.3) is 0 Å². The maximum atomic E-state index is 5.61. The predicted octanol–water partition coefficient (Wildman–Crippen LogP) is 3.09. The molecule has 0 spiro atoms. The lowest BCUT2D eigenvalue weighted by Crippen LogP contribution is -1.92. The molecule has 1 heterocycles. The normalized spacial score (nSPS) is 10.3. The average Bonchev–Trinajstić information content (AvgIpc) is 2.56. The summed E-state index contributed by atoms with van der Waals surface area (Å²) in [6.07, 6.45) is 1.66. The monoisotopic (exact) mass is 219 g/mol. The van der Waals surface area contributed by atoms with Crippen LogP contribution in [0.15, 0.2) is 24.4 Å². The highest BCUT2D eigenvalue weighted by atomic mass is 32.1. The molecule has 2 rings (SSSR count). The molecule has 3 nitrogen and oxygen atoms in total. The Labute approximate surface area is 93.0 Å². The van der Waals surface area contributed by atoms with Crippen LogP contribution in [0.2, 0.25) is 0 Å². The van der Waals surface area contributed by atoms with E-state index >= 15 is 0 Å². The lowest BCUT2D eigenvalue weighted by Gasteiger charge is -2.06. The van der Waals surface area contributed by atoms with Crippen molar-refractivity contribution in [2.75, 3.05) is 11.1 Å². The third-order valence-electron chi connectivity index (χ3n) is 2.15. The van der Waals surface area contributed by atoms with Crippen LogP contribution in [0.3, 0.4) is 0 Å². The number of rotatable bonds is 2. The van der Waals surface area contributed by atoms with Crippen molar-refractivity contribution >= 4 is 27.2 Å². The topological polar surface area (TPSA) is 50.9 Å². The molecule has 0 bridgehead atoms. The first kappa shape index (κ1) is 9.98. The second kappa shape index (κ2) is 3.90. The summed E-state index contributed by atoms with van der Waals surface area (Å²) >= 11 is 1.45. The van der Waals surface area contributed by atoms with Gasteiger partial charge in [0.2, 0.25) is 0 Å². The standard InChI is InChI=1S/C11H13N3S/c1-7-3-4-9(8(2)5-7)14-11-13-6-10(12)15-11/h3-6H,12H2,1-2H3,(H,13,14). The van der Waals surface area contributed by atoms with Gasteiger partial charge in [-0.1, -0.05) is 29.0 Å². The largest absolute Gasteiger partial charge is 0.389 e. The van der Waals surface area contributed by atoms with Crippen LogP contribution in [0.1, 0.15) is 11.1 Å². The van der Waals surface area contributed by atoms with Crippen LogP contribution < -0.4 is 11.1 Å². The van der Waals surface area contributed by atoms with E-state index < -0.39 is 0 Å². The fourth-order valence-corrected chi connectivity index (χ4v) is 2.01. The molecule has 78 valence electrons. The van der Waals surface area contributed by atoms with Crippen molar-refractivity contribution in [1.29, 1.82) is 0 Å². The van der Waals surface area contributed by atoms with E-state index in [4.69, 9.17) is 5.73 Å². The molecule has 1 aromatic heterocycles. The molecule has 0 fully saturated rings. The van der Waals surface area contributed by atoms with Gasteiger partial charge in [-0.15, -0.1) is 0 Å². The third kappa shape index (κ3) is 2.27. The molecule has 2 aromatic rings. The number of hydrogen-bond donors (Lipinski definition) is 2. The molecular formula is C11H13N3S. The second-order valence-corrected chi connectivity index (χ2v) is 4.57. The van der Waals surface area contributed by atoms with Crippen molar-refractivity contribution in [3.8, 4) is 0 Å². The SMILES string of the molecule is Cc1ccc(Nc2ncc(N)s2)c(C)c1. The molecule has 0 unspecified atom stereocenters. The fraction of sp³-hybridized carbons (Fsp3) is 0.182. The van der Waals surface area contributed by atoms with Crippen molar-refractivity contribution in [2.24, 2.45) is 0 Å². The molecule has 1 aromatic carbocycles. The minimum Gasteiger partial charge on any atom is -0.389 e. The van der Waals surface area contributed by atoms with E-state index in [2.05, 4.69) is 42.3 Å². The molecule has 0 radical (unpaired) electrons. The molecule has 0 aliphatic carbocycles. The summed E-state index contributed by atoms with van der Waals surface area (Å²) in [5, 5.41) is 4.80.